The largest absolute Gasteiger partial charge is 0.474 e. The summed E-state index contributed by atoms with van der Waals surface area (Å²) in [7, 11) is 0. The molecule has 3 rings (SSSR count). The van der Waals surface area contributed by atoms with E-state index in [0.29, 0.717) is 21.6 Å². The Morgan fingerprint density at radius 1 is 1.33 bits per heavy atom. The SMILES string of the molecule is Cc1ccc2nc(NC(=O)c3cnc(OC(C)C)c(Cl)c3)sc2c1. The van der Waals surface area contributed by atoms with Crippen LogP contribution in [0.25, 0.3) is 10.2 Å². The highest BCUT2D eigenvalue weighted by atomic mass is 35.5. The molecule has 7 heteroatoms. The fourth-order valence-corrected chi connectivity index (χ4v) is 3.28. The number of aryl methyl sites for hydroxylation is 1. The zero-order chi connectivity index (χ0) is 17.3. The van der Waals surface area contributed by atoms with Crippen LogP contribution in [0.15, 0.2) is 30.5 Å². The van der Waals surface area contributed by atoms with Gasteiger partial charge in [0.1, 0.15) is 5.02 Å². The summed E-state index contributed by atoms with van der Waals surface area (Å²) < 4.78 is 6.49. The smallest absolute Gasteiger partial charge is 0.259 e. The van der Waals surface area contributed by atoms with Gasteiger partial charge in [-0.1, -0.05) is 29.0 Å². The number of nitrogens with zero attached hydrogens (tertiary/aromatic N) is 2. The van der Waals surface area contributed by atoms with Crippen LogP contribution in [0, 0.1) is 6.92 Å². The minimum Gasteiger partial charge on any atom is -0.474 e. The second kappa shape index (κ2) is 6.75. The molecule has 0 unspecified atom stereocenters. The van der Waals surface area contributed by atoms with Crippen LogP contribution in [0.4, 0.5) is 5.13 Å². The molecule has 2 aromatic heterocycles. The molecule has 1 amide bonds. The molecule has 0 fully saturated rings. The van der Waals surface area contributed by atoms with Crippen molar-refractivity contribution in [3.8, 4) is 5.88 Å². The predicted octanol–water partition coefficient (Wildman–Crippen LogP) is 4.69. The van der Waals surface area contributed by atoms with Crippen molar-refractivity contribution in [1.82, 2.24) is 9.97 Å². The van der Waals surface area contributed by atoms with E-state index in [1.807, 2.05) is 39.0 Å². The zero-order valence-corrected chi connectivity index (χ0v) is 15.0. The number of carbonyl (C=O) groups is 1. The number of ether oxygens (including phenoxy) is 1. The van der Waals surface area contributed by atoms with Crippen molar-refractivity contribution in [2.45, 2.75) is 26.9 Å². The van der Waals surface area contributed by atoms with Crippen LogP contribution in [0.3, 0.4) is 0 Å². The van der Waals surface area contributed by atoms with Crippen molar-refractivity contribution >= 4 is 44.2 Å². The second-order valence-corrected chi connectivity index (χ2v) is 7.06. The summed E-state index contributed by atoms with van der Waals surface area (Å²) in [6.45, 7) is 5.78. The molecule has 0 radical (unpaired) electrons. The third-order valence-electron chi connectivity index (χ3n) is 3.18. The van der Waals surface area contributed by atoms with Crippen LogP contribution in [0.2, 0.25) is 5.02 Å². The maximum Gasteiger partial charge on any atom is 0.259 e. The minimum absolute atomic E-state index is 0.0409. The number of amides is 1. The van der Waals surface area contributed by atoms with Crippen molar-refractivity contribution in [1.29, 1.82) is 0 Å². The molecule has 2 heterocycles. The maximum absolute atomic E-state index is 12.4. The highest BCUT2D eigenvalue weighted by molar-refractivity contribution is 7.22. The Morgan fingerprint density at radius 2 is 2.12 bits per heavy atom. The van der Waals surface area contributed by atoms with Gasteiger partial charge in [-0.15, -0.1) is 0 Å². The second-order valence-electron chi connectivity index (χ2n) is 5.62. The lowest BCUT2D eigenvalue weighted by atomic mass is 10.2. The lowest BCUT2D eigenvalue weighted by Gasteiger charge is -2.10. The average molecular weight is 362 g/mol. The highest BCUT2D eigenvalue weighted by Gasteiger charge is 2.14. The van der Waals surface area contributed by atoms with Gasteiger partial charge in [-0.3, -0.25) is 10.1 Å². The molecule has 0 aliphatic heterocycles. The first-order valence-corrected chi connectivity index (χ1v) is 8.62. The van der Waals surface area contributed by atoms with Crippen molar-refractivity contribution in [2.24, 2.45) is 0 Å². The number of hydrogen-bond donors (Lipinski definition) is 1. The number of halogens is 1. The van der Waals surface area contributed by atoms with Crippen molar-refractivity contribution in [2.75, 3.05) is 5.32 Å². The van der Waals surface area contributed by atoms with Gasteiger partial charge in [-0.25, -0.2) is 9.97 Å². The van der Waals surface area contributed by atoms with Gasteiger partial charge in [0.25, 0.3) is 5.91 Å². The average Bonchev–Trinajstić information content (AvgIpc) is 2.90. The van der Waals surface area contributed by atoms with Gasteiger partial charge in [0.15, 0.2) is 5.13 Å². The molecule has 5 nitrogen and oxygen atoms in total. The molecule has 1 N–H and O–H groups in total. The summed E-state index contributed by atoms with van der Waals surface area (Å²) >= 11 is 7.55. The van der Waals surface area contributed by atoms with E-state index in [1.54, 1.807) is 6.07 Å². The molecule has 0 aliphatic carbocycles. The number of aromatic nitrogens is 2. The molecule has 1 aromatic carbocycles. The first-order chi connectivity index (χ1) is 11.4. The van der Waals surface area contributed by atoms with Crippen LogP contribution in [0.5, 0.6) is 5.88 Å². The Hall–Kier alpha value is -2.18. The van der Waals surface area contributed by atoms with Gasteiger partial charge < -0.3 is 4.74 Å². The van der Waals surface area contributed by atoms with Gasteiger partial charge in [0.2, 0.25) is 5.88 Å². The summed E-state index contributed by atoms with van der Waals surface area (Å²) in [5.74, 6) is 0.00922. The molecule has 0 aliphatic rings. The normalized spacial score (nSPS) is 11.0. The van der Waals surface area contributed by atoms with Crippen LogP contribution in [-0.2, 0) is 0 Å². The van der Waals surface area contributed by atoms with Crippen LogP contribution < -0.4 is 10.1 Å². The van der Waals surface area contributed by atoms with E-state index >= 15 is 0 Å². The molecule has 3 aromatic rings. The van der Waals surface area contributed by atoms with E-state index in [4.69, 9.17) is 16.3 Å². The van der Waals surface area contributed by atoms with E-state index in [2.05, 4.69) is 15.3 Å². The third kappa shape index (κ3) is 3.66. The molecule has 0 atom stereocenters. The Balaban J connectivity index is 1.79. The Kier molecular flexibility index (Phi) is 4.69. The number of pyridine rings is 1. The predicted molar refractivity (Wildman–Crippen MR) is 97.3 cm³/mol. The van der Waals surface area contributed by atoms with Gasteiger partial charge in [-0.05, 0) is 44.5 Å². The zero-order valence-electron chi connectivity index (χ0n) is 13.5. The number of nitrogens with one attached hydrogen (secondary N) is 1. The van der Waals surface area contributed by atoms with Crippen molar-refractivity contribution < 1.29 is 9.53 Å². The van der Waals surface area contributed by atoms with Gasteiger partial charge in [-0.2, -0.15) is 0 Å². The lowest BCUT2D eigenvalue weighted by Crippen LogP contribution is -2.13. The molecular formula is C17H16ClN3O2S. The molecular weight excluding hydrogens is 346 g/mol. The van der Waals surface area contributed by atoms with E-state index < -0.39 is 0 Å². The summed E-state index contributed by atoms with van der Waals surface area (Å²) in [5, 5.41) is 3.63. The van der Waals surface area contributed by atoms with Crippen molar-refractivity contribution in [3.63, 3.8) is 0 Å². The fourth-order valence-electron chi connectivity index (χ4n) is 2.11. The number of benzene rings is 1. The van der Waals surface area contributed by atoms with E-state index in [1.165, 1.54) is 17.5 Å². The highest BCUT2D eigenvalue weighted by Crippen LogP contribution is 2.28. The summed E-state index contributed by atoms with van der Waals surface area (Å²) in [4.78, 5) is 20.9. The summed E-state index contributed by atoms with van der Waals surface area (Å²) in [5.41, 5.74) is 2.37. The number of anilines is 1. The Bertz CT molecular complexity index is 908. The summed E-state index contributed by atoms with van der Waals surface area (Å²) in [6, 6.07) is 7.51. The van der Waals surface area contributed by atoms with E-state index in [-0.39, 0.29) is 12.0 Å². The lowest BCUT2D eigenvalue weighted by molar-refractivity contribution is 0.102. The fraction of sp³-hybridized carbons (Fsp3) is 0.235. The quantitative estimate of drug-likeness (QED) is 0.732. The van der Waals surface area contributed by atoms with Gasteiger partial charge >= 0.3 is 0 Å². The molecule has 0 bridgehead atoms. The third-order valence-corrected chi connectivity index (χ3v) is 4.39. The summed E-state index contributed by atoms with van der Waals surface area (Å²) in [6.07, 6.45) is 1.40. The Labute approximate surface area is 148 Å². The van der Waals surface area contributed by atoms with Crippen molar-refractivity contribution in [3.05, 3.63) is 46.6 Å². The van der Waals surface area contributed by atoms with Crippen LogP contribution in [0.1, 0.15) is 29.8 Å². The monoisotopic (exact) mass is 361 g/mol. The van der Waals surface area contributed by atoms with E-state index in [9.17, 15) is 4.79 Å². The number of carbonyl (C=O) groups excluding carboxylic acids is 1. The molecule has 0 saturated heterocycles. The van der Waals surface area contributed by atoms with Crippen LogP contribution >= 0.6 is 22.9 Å². The minimum atomic E-state index is -0.309. The first-order valence-electron chi connectivity index (χ1n) is 7.43. The van der Waals surface area contributed by atoms with Gasteiger partial charge in [0.05, 0.1) is 21.9 Å². The maximum atomic E-state index is 12.4. The number of rotatable bonds is 4. The Morgan fingerprint density at radius 3 is 2.83 bits per heavy atom. The first kappa shape index (κ1) is 16.7. The van der Waals surface area contributed by atoms with E-state index in [0.717, 1.165) is 15.8 Å². The standard InChI is InChI=1S/C17H16ClN3O2S/c1-9(2)23-16-12(18)7-11(8-19-16)15(22)21-17-20-13-5-4-10(3)6-14(13)24-17/h4-9H,1-3H3,(H,20,21,22). The molecule has 124 valence electrons. The topological polar surface area (TPSA) is 64.1 Å². The molecule has 24 heavy (non-hydrogen) atoms. The number of hydrogen-bond acceptors (Lipinski definition) is 5. The molecule has 0 saturated carbocycles. The van der Waals surface area contributed by atoms with Crippen LogP contribution in [-0.4, -0.2) is 22.0 Å². The number of thiazole rings is 1. The number of fused-ring (bicyclic) bond motifs is 1. The molecule has 0 spiro atoms. The van der Waals surface area contributed by atoms with Gasteiger partial charge in [0, 0.05) is 6.20 Å².